The van der Waals surface area contributed by atoms with Crippen LogP contribution >= 0.6 is 15.9 Å². The van der Waals surface area contributed by atoms with E-state index in [1.165, 1.54) is 0 Å². The van der Waals surface area contributed by atoms with E-state index in [-0.39, 0.29) is 6.10 Å². The Bertz CT molecular complexity index is 264. The minimum atomic E-state index is 0.0514. The highest BCUT2D eigenvalue weighted by molar-refractivity contribution is 9.10. The summed E-state index contributed by atoms with van der Waals surface area (Å²) >= 11 is 3.47. The molecule has 2 nitrogen and oxygen atoms in total. The molecular weight excluding hydrogens is 256 g/mol. The van der Waals surface area contributed by atoms with E-state index in [0.717, 1.165) is 10.0 Å². The van der Waals surface area contributed by atoms with Crippen LogP contribution in [-0.4, -0.2) is 13.9 Å². The quantitative estimate of drug-likeness (QED) is 0.768. The van der Waals surface area contributed by atoms with Crippen molar-refractivity contribution in [2.24, 2.45) is 0 Å². The second-order valence-corrected chi connectivity index (χ2v) is 3.59. The average molecular weight is 275 g/mol. The lowest BCUT2D eigenvalue weighted by atomic mass is 10.1. The molecule has 0 spiro atoms. The van der Waals surface area contributed by atoms with Crippen LogP contribution in [0.15, 0.2) is 28.7 Å². The van der Waals surface area contributed by atoms with E-state index in [9.17, 15) is 0 Å². The molecule has 3 heteroatoms. The molecule has 15 heavy (non-hydrogen) atoms. The molecule has 0 aliphatic carbocycles. The van der Waals surface area contributed by atoms with E-state index in [1.807, 2.05) is 45.0 Å². The van der Waals surface area contributed by atoms with Crippen LogP contribution in [0.25, 0.3) is 0 Å². The summed E-state index contributed by atoms with van der Waals surface area (Å²) in [5.74, 6) is 0. The van der Waals surface area contributed by atoms with Gasteiger partial charge in [0.25, 0.3) is 0 Å². The highest BCUT2D eigenvalue weighted by atomic mass is 79.9. The number of hydrogen-bond acceptors (Lipinski definition) is 2. The molecule has 0 N–H and O–H groups in total. The first-order valence-electron chi connectivity index (χ1n) is 5.10. The van der Waals surface area contributed by atoms with Crippen molar-refractivity contribution in [1.82, 2.24) is 0 Å². The molecule has 0 aliphatic heterocycles. The Labute approximate surface area is 101 Å². The molecule has 0 saturated heterocycles. The lowest BCUT2D eigenvalue weighted by Crippen LogP contribution is -2.03. The number of benzene rings is 1. The van der Waals surface area contributed by atoms with Gasteiger partial charge in [-0.15, -0.1) is 0 Å². The molecule has 1 atom stereocenters. The Balaban J connectivity index is 0.000000921. The SMILES string of the molecule is CC.COCOC(C)c1ccccc1Br. The Morgan fingerprint density at radius 3 is 2.40 bits per heavy atom. The molecule has 0 fully saturated rings. The maximum Gasteiger partial charge on any atom is 0.147 e. The number of ether oxygens (including phenoxy) is 2. The van der Waals surface area contributed by atoms with E-state index in [1.54, 1.807) is 7.11 Å². The summed E-state index contributed by atoms with van der Waals surface area (Å²) in [5, 5.41) is 0. The van der Waals surface area contributed by atoms with Gasteiger partial charge in [0.2, 0.25) is 0 Å². The summed E-state index contributed by atoms with van der Waals surface area (Å²) in [5.41, 5.74) is 1.14. The van der Waals surface area contributed by atoms with Crippen LogP contribution in [0.5, 0.6) is 0 Å². The maximum absolute atomic E-state index is 5.41. The van der Waals surface area contributed by atoms with Gasteiger partial charge in [-0.2, -0.15) is 0 Å². The molecule has 1 aromatic carbocycles. The lowest BCUT2D eigenvalue weighted by Gasteiger charge is -2.13. The maximum atomic E-state index is 5.41. The zero-order valence-corrected chi connectivity index (χ0v) is 11.4. The van der Waals surface area contributed by atoms with Crippen LogP contribution in [0.2, 0.25) is 0 Å². The van der Waals surface area contributed by atoms with Crippen molar-refractivity contribution >= 4 is 15.9 Å². The van der Waals surface area contributed by atoms with Gasteiger partial charge in [-0.1, -0.05) is 48.0 Å². The van der Waals surface area contributed by atoms with Crippen molar-refractivity contribution in [1.29, 1.82) is 0 Å². The number of halogens is 1. The van der Waals surface area contributed by atoms with Crippen molar-refractivity contribution in [3.8, 4) is 0 Å². The molecule has 0 heterocycles. The van der Waals surface area contributed by atoms with E-state index in [0.29, 0.717) is 6.79 Å². The first-order chi connectivity index (χ1) is 7.25. The molecule has 86 valence electrons. The molecule has 0 radical (unpaired) electrons. The van der Waals surface area contributed by atoms with Gasteiger partial charge in [-0.3, -0.25) is 0 Å². The van der Waals surface area contributed by atoms with Crippen LogP contribution in [0.4, 0.5) is 0 Å². The van der Waals surface area contributed by atoms with Crippen LogP contribution in [-0.2, 0) is 9.47 Å². The zero-order chi connectivity index (χ0) is 11.7. The van der Waals surface area contributed by atoms with Crippen molar-refractivity contribution in [3.05, 3.63) is 34.3 Å². The average Bonchev–Trinajstić information content (AvgIpc) is 2.29. The monoisotopic (exact) mass is 274 g/mol. The lowest BCUT2D eigenvalue weighted by molar-refractivity contribution is -0.0668. The molecule has 0 aliphatic rings. The van der Waals surface area contributed by atoms with Crippen molar-refractivity contribution in [2.75, 3.05) is 13.9 Å². The topological polar surface area (TPSA) is 18.5 Å². The summed E-state index contributed by atoms with van der Waals surface area (Å²) in [6.07, 6.45) is 0.0514. The molecule has 1 rings (SSSR count). The Hall–Kier alpha value is -0.380. The van der Waals surface area contributed by atoms with Crippen LogP contribution < -0.4 is 0 Å². The second kappa shape index (κ2) is 8.89. The molecule has 0 saturated carbocycles. The first-order valence-corrected chi connectivity index (χ1v) is 5.90. The van der Waals surface area contributed by atoms with Crippen LogP contribution in [0.3, 0.4) is 0 Å². The van der Waals surface area contributed by atoms with Crippen molar-refractivity contribution < 1.29 is 9.47 Å². The van der Waals surface area contributed by atoms with E-state index in [2.05, 4.69) is 15.9 Å². The highest BCUT2D eigenvalue weighted by Crippen LogP contribution is 2.24. The summed E-state index contributed by atoms with van der Waals surface area (Å²) in [6, 6.07) is 8.01. The van der Waals surface area contributed by atoms with E-state index in [4.69, 9.17) is 9.47 Å². The molecule has 0 bridgehead atoms. The van der Waals surface area contributed by atoms with Gasteiger partial charge in [0.1, 0.15) is 6.79 Å². The number of hydrogen-bond donors (Lipinski definition) is 0. The molecule has 1 aromatic rings. The summed E-state index contributed by atoms with van der Waals surface area (Å²) in [4.78, 5) is 0. The first kappa shape index (κ1) is 14.6. The standard InChI is InChI=1S/C10H13BrO2.C2H6/c1-8(13-7-12-2)9-5-3-4-6-10(9)11;1-2/h3-6,8H,7H2,1-2H3;1-2H3. The third-order valence-electron chi connectivity index (χ3n) is 1.78. The molecule has 1 unspecified atom stereocenters. The number of methoxy groups -OCH3 is 1. The van der Waals surface area contributed by atoms with Crippen LogP contribution in [0, 0.1) is 0 Å². The predicted molar refractivity (Wildman–Crippen MR) is 66.9 cm³/mol. The van der Waals surface area contributed by atoms with Crippen molar-refractivity contribution in [3.63, 3.8) is 0 Å². The van der Waals surface area contributed by atoms with E-state index < -0.39 is 0 Å². The predicted octanol–water partition coefficient (Wildman–Crippen LogP) is 4.16. The van der Waals surface area contributed by atoms with Crippen molar-refractivity contribution in [2.45, 2.75) is 26.9 Å². The van der Waals surface area contributed by atoms with E-state index >= 15 is 0 Å². The zero-order valence-electron chi connectivity index (χ0n) is 9.79. The largest absolute Gasteiger partial charge is 0.359 e. The smallest absolute Gasteiger partial charge is 0.147 e. The number of rotatable bonds is 4. The molecular formula is C12H19BrO2. The molecule has 0 amide bonds. The van der Waals surface area contributed by atoms with Gasteiger partial charge in [0.05, 0.1) is 6.10 Å². The fraction of sp³-hybridized carbons (Fsp3) is 0.500. The van der Waals surface area contributed by atoms with Gasteiger partial charge in [0, 0.05) is 11.6 Å². The van der Waals surface area contributed by atoms with Gasteiger partial charge < -0.3 is 9.47 Å². The second-order valence-electron chi connectivity index (χ2n) is 2.74. The summed E-state index contributed by atoms with van der Waals surface area (Å²) < 4.78 is 11.3. The van der Waals surface area contributed by atoms with Gasteiger partial charge >= 0.3 is 0 Å². The van der Waals surface area contributed by atoms with Crippen LogP contribution in [0.1, 0.15) is 32.4 Å². The Morgan fingerprint density at radius 2 is 1.87 bits per heavy atom. The Kier molecular flexibility index (Phi) is 8.67. The minimum Gasteiger partial charge on any atom is -0.359 e. The van der Waals surface area contributed by atoms with Gasteiger partial charge in [-0.05, 0) is 18.6 Å². The fourth-order valence-corrected chi connectivity index (χ4v) is 1.67. The highest BCUT2D eigenvalue weighted by Gasteiger charge is 2.07. The Morgan fingerprint density at radius 1 is 1.27 bits per heavy atom. The molecule has 0 aromatic heterocycles. The minimum absolute atomic E-state index is 0.0514. The third-order valence-corrected chi connectivity index (χ3v) is 2.50. The third kappa shape index (κ3) is 5.30. The normalized spacial score (nSPS) is 11.5. The summed E-state index contributed by atoms with van der Waals surface area (Å²) in [6.45, 7) is 6.32. The van der Waals surface area contributed by atoms with Gasteiger partial charge in [-0.25, -0.2) is 0 Å². The fourth-order valence-electron chi connectivity index (χ4n) is 1.06. The van der Waals surface area contributed by atoms with Gasteiger partial charge in [0.15, 0.2) is 0 Å². The summed E-state index contributed by atoms with van der Waals surface area (Å²) in [7, 11) is 1.62.